The van der Waals surface area contributed by atoms with Gasteiger partial charge >= 0.3 is 0 Å². The molecule has 0 saturated carbocycles. The average molecular weight is 374 g/mol. The SMILES string of the molecule is CCOc1cc2c(SCC(=O)c3ccc(CN)s3)nc(C)nc2cn1. The molecule has 0 fully saturated rings. The zero-order valence-electron chi connectivity index (χ0n) is 14.0. The summed E-state index contributed by atoms with van der Waals surface area (Å²) >= 11 is 2.84. The number of rotatable bonds is 7. The number of carbonyl (C=O) groups excluding carboxylic acids is 1. The molecule has 0 aromatic carbocycles. The Hall–Kier alpha value is -2.03. The van der Waals surface area contributed by atoms with Crippen molar-refractivity contribution in [3.8, 4) is 5.88 Å². The Labute approximate surface area is 153 Å². The number of thioether (sulfide) groups is 1. The van der Waals surface area contributed by atoms with Crippen molar-refractivity contribution in [2.24, 2.45) is 5.73 Å². The summed E-state index contributed by atoms with van der Waals surface area (Å²) in [6.07, 6.45) is 1.67. The Kier molecular flexibility index (Phi) is 5.62. The standard InChI is InChI=1S/C17H18N4O2S2/c1-3-23-16-6-12-13(8-19-16)20-10(2)21-17(12)24-9-14(22)15-5-4-11(7-18)25-15/h4-6,8H,3,7,9,18H2,1-2H3. The number of aromatic nitrogens is 3. The van der Waals surface area contributed by atoms with E-state index in [1.54, 1.807) is 6.20 Å². The maximum absolute atomic E-state index is 12.4. The zero-order valence-corrected chi connectivity index (χ0v) is 15.6. The van der Waals surface area contributed by atoms with Gasteiger partial charge in [0.05, 0.1) is 29.0 Å². The molecule has 3 aromatic rings. The first-order valence-electron chi connectivity index (χ1n) is 7.82. The molecule has 0 unspecified atom stereocenters. The Morgan fingerprint density at radius 3 is 2.92 bits per heavy atom. The van der Waals surface area contributed by atoms with Crippen molar-refractivity contribution in [3.05, 3.63) is 40.0 Å². The van der Waals surface area contributed by atoms with Crippen molar-refractivity contribution in [2.45, 2.75) is 25.4 Å². The van der Waals surface area contributed by atoms with Crippen LogP contribution in [0.4, 0.5) is 0 Å². The van der Waals surface area contributed by atoms with Crippen LogP contribution in [0.5, 0.6) is 5.88 Å². The second-order valence-electron chi connectivity index (χ2n) is 5.23. The van der Waals surface area contributed by atoms with E-state index in [2.05, 4.69) is 15.0 Å². The molecule has 130 valence electrons. The minimum absolute atomic E-state index is 0.0678. The first-order valence-corrected chi connectivity index (χ1v) is 9.63. The Morgan fingerprint density at radius 2 is 2.20 bits per heavy atom. The van der Waals surface area contributed by atoms with Gasteiger partial charge in [-0.1, -0.05) is 11.8 Å². The highest BCUT2D eigenvalue weighted by molar-refractivity contribution is 8.00. The van der Waals surface area contributed by atoms with Crippen LogP contribution >= 0.6 is 23.1 Å². The van der Waals surface area contributed by atoms with Crippen LogP contribution in [0.2, 0.25) is 0 Å². The van der Waals surface area contributed by atoms with E-state index in [0.29, 0.717) is 30.6 Å². The number of carbonyl (C=O) groups is 1. The highest BCUT2D eigenvalue weighted by Crippen LogP contribution is 2.28. The second-order valence-corrected chi connectivity index (χ2v) is 7.36. The number of nitrogens with zero attached hydrogens (tertiary/aromatic N) is 3. The topological polar surface area (TPSA) is 91.0 Å². The molecule has 3 heterocycles. The fourth-order valence-corrected chi connectivity index (χ4v) is 4.13. The molecule has 0 atom stereocenters. The Morgan fingerprint density at radius 1 is 1.36 bits per heavy atom. The van der Waals surface area contributed by atoms with E-state index in [9.17, 15) is 4.79 Å². The summed E-state index contributed by atoms with van der Waals surface area (Å²) in [4.78, 5) is 27.3. The Bertz CT molecular complexity index is 911. The molecular weight excluding hydrogens is 356 g/mol. The molecule has 3 rings (SSSR count). The van der Waals surface area contributed by atoms with E-state index in [1.807, 2.05) is 32.0 Å². The van der Waals surface area contributed by atoms with Crippen molar-refractivity contribution in [1.82, 2.24) is 15.0 Å². The van der Waals surface area contributed by atoms with Gasteiger partial charge in [-0.05, 0) is 26.0 Å². The van der Waals surface area contributed by atoms with Crippen LogP contribution in [0.25, 0.3) is 10.9 Å². The maximum atomic E-state index is 12.4. The van der Waals surface area contributed by atoms with E-state index in [-0.39, 0.29) is 5.78 Å². The summed E-state index contributed by atoms with van der Waals surface area (Å²) < 4.78 is 5.46. The average Bonchev–Trinajstić information content (AvgIpc) is 3.09. The lowest BCUT2D eigenvalue weighted by molar-refractivity contribution is 0.102. The summed E-state index contributed by atoms with van der Waals surface area (Å²) in [5, 5.41) is 1.60. The largest absolute Gasteiger partial charge is 0.478 e. The number of ether oxygens (including phenoxy) is 1. The van der Waals surface area contributed by atoms with Crippen molar-refractivity contribution < 1.29 is 9.53 Å². The summed E-state index contributed by atoms with van der Waals surface area (Å²) in [5.41, 5.74) is 6.35. The maximum Gasteiger partial charge on any atom is 0.214 e. The van der Waals surface area contributed by atoms with Gasteiger partial charge in [0.2, 0.25) is 5.88 Å². The molecule has 3 aromatic heterocycles. The molecule has 2 N–H and O–H groups in total. The smallest absolute Gasteiger partial charge is 0.214 e. The third-order valence-electron chi connectivity index (χ3n) is 3.40. The normalized spacial score (nSPS) is 11.0. The van der Waals surface area contributed by atoms with E-state index in [0.717, 1.165) is 25.7 Å². The lowest BCUT2D eigenvalue weighted by Crippen LogP contribution is -2.02. The van der Waals surface area contributed by atoms with Crippen molar-refractivity contribution in [1.29, 1.82) is 0 Å². The van der Waals surface area contributed by atoms with Crippen LogP contribution in [-0.2, 0) is 6.54 Å². The van der Waals surface area contributed by atoms with E-state index in [1.165, 1.54) is 23.1 Å². The number of thiophene rings is 1. The molecule has 25 heavy (non-hydrogen) atoms. The molecule has 0 saturated heterocycles. The molecule has 0 aliphatic rings. The molecule has 8 heteroatoms. The van der Waals surface area contributed by atoms with E-state index < -0.39 is 0 Å². The van der Waals surface area contributed by atoms with Crippen molar-refractivity contribution in [3.63, 3.8) is 0 Å². The minimum Gasteiger partial charge on any atom is -0.478 e. The first-order chi connectivity index (χ1) is 12.1. The predicted molar refractivity (Wildman–Crippen MR) is 101 cm³/mol. The lowest BCUT2D eigenvalue weighted by atomic mass is 10.3. The van der Waals surface area contributed by atoms with Crippen molar-refractivity contribution in [2.75, 3.05) is 12.4 Å². The van der Waals surface area contributed by atoms with E-state index in [4.69, 9.17) is 10.5 Å². The molecule has 0 aliphatic heterocycles. The summed E-state index contributed by atoms with van der Waals surface area (Å²) in [5.74, 6) is 1.55. The van der Waals surface area contributed by atoms with Gasteiger partial charge in [-0.25, -0.2) is 15.0 Å². The zero-order chi connectivity index (χ0) is 17.8. The predicted octanol–water partition coefficient (Wildman–Crippen LogP) is 3.23. The van der Waals surface area contributed by atoms with Crippen LogP contribution in [0.1, 0.15) is 27.3 Å². The second kappa shape index (κ2) is 7.90. The number of hydrogen-bond acceptors (Lipinski definition) is 8. The number of pyridine rings is 1. The van der Waals surface area contributed by atoms with Crippen LogP contribution in [0.15, 0.2) is 29.4 Å². The number of fused-ring (bicyclic) bond motifs is 1. The number of aryl methyl sites for hydroxylation is 1. The minimum atomic E-state index is 0.0678. The summed E-state index contributed by atoms with van der Waals surface area (Å²) in [6, 6.07) is 5.55. The van der Waals surface area contributed by atoms with Gasteiger partial charge in [-0.2, -0.15) is 0 Å². The first kappa shape index (κ1) is 17.8. The molecule has 0 bridgehead atoms. The van der Waals surface area contributed by atoms with Gasteiger partial charge in [-0.3, -0.25) is 4.79 Å². The molecule has 0 radical (unpaired) electrons. The van der Waals surface area contributed by atoms with Crippen LogP contribution in [-0.4, -0.2) is 33.1 Å². The fraction of sp³-hybridized carbons (Fsp3) is 0.294. The van der Waals surface area contributed by atoms with E-state index >= 15 is 0 Å². The van der Waals surface area contributed by atoms with Gasteiger partial charge in [0, 0.05) is 22.9 Å². The Balaban J connectivity index is 1.84. The molecule has 0 aliphatic carbocycles. The highest BCUT2D eigenvalue weighted by atomic mass is 32.2. The molecular formula is C17H18N4O2S2. The molecule has 0 spiro atoms. The molecule has 0 amide bonds. The third kappa shape index (κ3) is 4.15. The summed E-state index contributed by atoms with van der Waals surface area (Å²) in [7, 11) is 0. The van der Waals surface area contributed by atoms with Gasteiger partial charge in [0.15, 0.2) is 5.78 Å². The van der Waals surface area contributed by atoms with Crippen LogP contribution < -0.4 is 10.5 Å². The van der Waals surface area contributed by atoms with Crippen molar-refractivity contribution >= 4 is 39.8 Å². The molecule has 6 nitrogen and oxygen atoms in total. The van der Waals surface area contributed by atoms with Crippen LogP contribution in [0.3, 0.4) is 0 Å². The third-order valence-corrected chi connectivity index (χ3v) is 5.54. The van der Waals surface area contributed by atoms with Crippen LogP contribution in [0, 0.1) is 6.92 Å². The number of Topliss-reactive ketones (excluding diaryl/α,β-unsaturated/α-hetero) is 1. The fourth-order valence-electron chi connectivity index (χ4n) is 2.28. The quantitative estimate of drug-likeness (QED) is 0.386. The monoisotopic (exact) mass is 374 g/mol. The van der Waals surface area contributed by atoms with Gasteiger partial charge in [0.1, 0.15) is 10.9 Å². The summed E-state index contributed by atoms with van der Waals surface area (Å²) in [6.45, 7) is 4.72. The number of hydrogen-bond donors (Lipinski definition) is 1. The lowest BCUT2D eigenvalue weighted by Gasteiger charge is -2.08. The number of nitrogens with two attached hydrogens (primary N) is 1. The van der Waals surface area contributed by atoms with Gasteiger partial charge < -0.3 is 10.5 Å². The number of ketones is 1. The van der Waals surface area contributed by atoms with Gasteiger partial charge in [-0.15, -0.1) is 11.3 Å². The van der Waals surface area contributed by atoms with Gasteiger partial charge in [0.25, 0.3) is 0 Å². The highest BCUT2D eigenvalue weighted by Gasteiger charge is 2.14.